The van der Waals surface area contributed by atoms with Crippen molar-refractivity contribution in [2.75, 3.05) is 13.1 Å². The number of alkyl halides is 17. The van der Waals surface area contributed by atoms with Gasteiger partial charge in [0, 0.05) is 13.1 Å². The number of hydrogen-bond donors (Lipinski definition) is 0. The largest absolute Gasteiger partial charge is 2.00 e. The third-order valence-corrected chi connectivity index (χ3v) is 6.86. The minimum absolute atomic E-state index is 0. The monoisotopic (exact) mass is 783 g/mol. The average molecular weight is 784 g/mol. The maximum atomic E-state index is 13.8. The molecule has 0 bridgehead atoms. The number of sulfonamides is 1. The van der Waals surface area contributed by atoms with Crippen molar-refractivity contribution in [2.24, 2.45) is 0 Å². The number of nitrogens with zero attached hydrogens (tertiary/aromatic N) is 1. The van der Waals surface area contributed by atoms with Crippen LogP contribution in [-0.2, 0) is 36.1 Å². The van der Waals surface area contributed by atoms with E-state index in [1.165, 1.54) is 13.8 Å². The van der Waals surface area contributed by atoms with Gasteiger partial charge in [0.2, 0.25) is 0 Å². The second-order valence-electron chi connectivity index (χ2n) is 8.19. The molecule has 0 aliphatic carbocycles. The fourth-order valence-corrected chi connectivity index (χ4v) is 3.49. The summed E-state index contributed by atoms with van der Waals surface area (Å²) in [7, 11) is -7.16. The van der Waals surface area contributed by atoms with Gasteiger partial charge < -0.3 is 19.8 Å². The van der Waals surface area contributed by atoms with Gasteiger partial charge in [-0.2, -0.15) is 78.9 Å². The van der Waals surface area contributed by atoms with Gasteiger partial charge >= 0.3 is 63.5 Å². The van der Waals surface area contributed by atoms with Crippen LogP contribution in [0.4, 0.5) is 74.6 Å². The smallest absolute Gasteiger partial charge is 0.545 e. The van der Waals surface area contributed by atoms with Crippen molar-refractivity contribution >= 4 is 22.0 Å². The molecular weight excluding hydrogens is 764 g/mol. The zero-order valence-electron chi connectivity index (χ0n) is 22.9. The first-order valence-corrected chi connectivity index (χ1v) is 12.2. The van der Waals surface area contributed by atoms with Crippen LogP contribution in [0, 0.1) is 0 Å². The topological polar surface area (TPSA) is 118 Å². The van der Waals surface area contributed by atoms with E-state index in [1.807, 2.05) is 0 Å². The fourth-order valence-electron chi connectivity index (χ4n) is 2.04. The summed E-state index contributed by atoms with van der Waals surface area (Å²) in [5, 5.41) is 11.5. The Morgan fingerprint density at radius 2 is 0.761 bits per heavy atom. The molecule has 0 heterocycles. The number of halogens is 17. The summed E-state index contributed by atoms with van der Waals surface area (Å²) in [6.45, 7) is 7.69. The molecular formula is C20H20F17NNiO6S. The number of rotatable bonds is 12. The fraction of sp³-hybridized carbons (Fsp3) is 0.700. The molecule has 7 nitrogen and oxygen atoms in total. The Bertz CT molecular complexity index is 1150. The SMILES string of the molecule is C=C(C)C(=O)[O-].C=C(C)C(=O)[O-].CCN(CC)S(=O)(=O)C(F)(F)C(F)(F)C(F)(F)C(F)(F)C(F)(F)C(F)(F)C(F)(F)C(F)(F)F.[Ni+2]. The second-order valence-corrected chi connectivity index (χ2v) is 10.2. The van der Waals surface area contributed by atoms with Crippen LogP contribution >= 0.6 is 0 Å². The van der Waals surface area contributed by atoms with Gasteiger partial charge in [-0.05, 0) is 25.0 Å². The summed E-state index contributed by atoms with van der Waals surface area (Å²) in [5.74, 6) is -53.8. The minimum atomic E-state index is -8.82. The van der Waals surface area contributed by atoms with Crippen LogP contribution in [0.15, 0.2) is 24.3 Å². The van der Waals surface area contributed by atoms with Crippen molar-refractivity contribution in [3.8, 4) is 0 Å². The summed E-state index contributed by atoms with van der Waals surface area (Å²) < 4.78 is 245. The molecule has 0 fully saturated rings. The van der Waals surface area contributed by atoms with Gasteiger partial charge in [-0.25, -0.2) is 8.42 Å². The molecule has 0 rings (SSSR count). The molecule has 0 saturated carbocycles. The molecule has 0 aliphatic heterocycles. The van der Waals surface area contributed by atoms with Crippen LogP contribution in [-0.4, -0.2) is 84.7 Å². The van der Waals surface area contributed by atoms with E-state index < -0.39 is 86.3 Å². The molecule has 0 aromatic rings. The predicted molar refractivity (Wildman–Crippen MR) is 112 cm³/mol. The van der Waals surface area contributed by atoms with Crippen LogP contribution in [0.2, 0.25) is 0 Å². The molecule has 0 radical (unpaired) electrons. The van der Waals surface area contributed by atoms with Gasteiger partial charge in [0.15, 0.2) is 0 Å². The molecule has 0 spiro atoms. The zero-order valence-corrected chi connectivity index (χ0v) is 24.7. The van der Waals surface area contributed by atoms with Crippen LogP contribution in [0.1, 0.15) is 27.7 Å². The van der Waals surface area contributed by atoms with Crippen LogP contribution in [0.25, 0.3) is 0 Å². The zero-order chi connectivity index (χ0) is 37.8. The molecule has 46 heavy (non-hydrogen) atoms. The number of carbonyl (C=O) groups excluding carboxylic acids is 2. The third kappa shape index (κ3) is 8.95. The summed E-state index contributed by atoms with van der Waals surface area (Å²) >= 11 is 0. The number of hydrogen-bond acceptors (Lipinski definition) is 6. The van der Waals surface area contributed by atoms with Crippen LogP contribution in [0.5, 0.6) is 0 Å². The van der Waals surface area contributed by atoms with Gasteiger partial charge in [0.1, 0.15) is 0 Å². The van der Waals surface area contributed by atoms with Crippen LogP contribution < -0.4 is 10.2 Å². The average Bonchev–Trinajstić information content (AvgIpc) is 2.83. The number of carboxylic acid groups (broad SMARTS) is 2. The van der Waals surface area contributed by atoms with Gasteiger partial charge in [0.05, 0.1) is 11.9 Å². The molecule has 0 aromatic heterocycles. The molecule has 0 atom stereocenters. The number of aliphatic carboxylic acids is 2. The quantitative estimate of drug-likeness (QED) is 0.166. The van der Waals surface area contributed by atoms with E-state index in [0.717, 1.165) is 0 Å². The summed E-state index contributed by atoms with van der Waals surface area (Å²) in [6, 6.07) is 0. The third-order valence-electron chi connectivity index (χ3n) is 4.76. The van der Waals surface area contributed by atoms with Gasteiger partial charge in [-0.3, -0.25) is 0 Å². The molecule has 0 aromatic carbocycles. The molecule has 0 amide bonds. The van der Waals surface area contributed by atoms with Crippen molar-refractivity contribution in [1.82, 2.24) is 4.31 Å². The normalized spacial score (nSPS) is 13.8. The van der Waals surface area contributed by atoms with E-state index in [1.54, 1.807) is 0 Å². The molecule has 0 N–H and O–H groups in total. The van der Waals surface area contributed by atoms with E-state index in [0.29, 0.717) is 13.8 Å². The van der Waals surface area contributed by atoms with Crippen LogP contribution in [0.3, 0.4) is 0 Å². The van der Waals surface area contributed by atoms with Gasteiger partial charge in [-0.15, -0.1) is 0 Å². The maximum absolute atomic E-state index is 13.8. The van der Waals surface area contributed by atoms with Crippen molar-refractivity contribution < 1.29 is 119 Å². The Morgan fingerprint density at radius 1 is 0.565 bits per heavy atom. The molecule has 0 saturated heterocycles. The van der Waals surface area contributed by atoms with Crippen molar-refractivity contribution in [3.05, 3.63) is 24.3 Å². The Labute approximate surface area is 258 Å². The van der Waals surface area contributed by atoms with Crippen molar-refractivity contribution in [2.45, 2.75) is 74.7 Å². The predicted octanol–water partition coefficient (Wildman–Crippen LogP) is 4.25. The summed E-state index contributed by atoms with van der Waals surface area (Å²) in [6.07, 6.45) is -7.86. The van der Waals surface area contributed by atoms with Gasteiger partial charge in [0.25, 0.3) is 10.0 Å². The Kier molecular flexibility index (Phi) is 17.2. The number of carbonyl (C=O) groups is 2. The second kappa shape index (κ2) is 15.7. The maximum Gasteiger partial charge on any atom is 2.00 e. The van der Waals surface area contributed by atoms with E-state index >= 15 is 0 Å². The molecule has 26 heteroatoms. The van der Waals surface area contributed by atoms with E-state index in [9.17, 15) is 103 Å². The first kappa shape index (κ1) is 50.5. The van der Waals surface area contributed by atoms with E-state index in [-0.39, 0.29) is 27.6 Å². The van der Waals surface area contributed by atoms with Crippen molar-refractivity contribution in [3.63, 3.8) is 0 Å². The van der Waals surface area contributed by atoms with Gasteiger partial charge in [-0.1, -0.05) is 27.0 Å². The first-order chi connectivity index (χ1) is 19.3. The minimum Gasteiger partial charge on any atom is -0.545 e. The summed E-state index contributed by atoms with van der Waals surface area (Å²) in [4.78, 5) is 19.0. The van der Waals surface area contributed by atoms with Crippen molar-refractivity contribution in [1.29, 1.82) is 0 Å². The Balaban J connectivity index is -0.000000569. The Morgan fingerprint density at radius 3 is 0.935 bits per heavy atom. The standard InChI is InChI=1S/C12H10F17NO2S.2C4H6O2.Ni/c1-3-30(4-2)33(31,32)12(28,29)10(23,24)8(19,20)6(15,16)5(13,14)7(17,18)9(21,22)11(25,26)27;2*1-3(2)4(5)6;/h3-4H2,1-2H3;2*1H2,2H3,(H,5,6);/q;;;+2/p-2. The van der Waals surface area contributed by atoms with E-state index in [4.69, 9.17) is 0 Å². The first-order valence-electron chi connectivity index (χ1n) is 10.8. The Hall–Kier alpha value is -2.37. The van der Waals surface area contributed by atoms with E-state index in [2.05, 4.69) is 13.2 Å². The summed E-state index contributed by atoms with van der Waals surface area (Å²) in [5.41, 5.74) is 0.130. The molecule has 276 valence electrons. The molecule has 0 aliphatic rings. The number of carboxylic acids is 2. The molecule has 0 unspecified atom stereocenters.